The van der Waals surface area contributed by atoms with Crippen molar-refractivity contribution in [3.05, 3.63) is 83.9 Å². The Labute approximate surface area is 264 Å². The Balaban J connectivity index is 0.000000201. The van der Waals surface area contributed by atoms with Crippen molar-refractivity contribution in [1.29, 1.82) is 0 Å². The fourth-order valence-corrected chi connectivity index (χ4v) is 5.68. The van der Waals surface area contributed by atoms with Gasteiger partial charge in [-0.25, -0.2) is 9.97 Å². The van der Waals surface area contributed by atoms with Gasteiger partial charge in [0.25, 0.3) is 0 Å². The number of nitrogens with two attached hydrogens (primary N) is 2. The molecular weight excluding hydrogens is 568 g/mol. The zero-order valence-corrected chi connectivity index (χ0v) is 26.7. The van der Waals surface area contributed by atoms with E-state index in [0.29, 0.717) is 11.1 Å². The van der Waals surface area contributed by atoms with Crippen LogP contribution in [0.1, 0.15) is 33.6 Å². The average molecular weight is 609 g/mol. The second-order valence-electron chi connectivity index (χ2n) is 11.1. The number of anilines is 3. The van der Waals surface area contributed by atoms with Crippen LogP contribution >= 0.6 is 11.6 Å². The molecule has 0 aliphatic heterocycles. The van der Waals surface area contributed by atoms with Gasteiger partial charge in [0.15, 0.2) is 0 Å². The van der Waals surface area contributed by atoms with Crippen molar-refractivity contribution in [2.24, 2.45) is 0 Å². The maximum absolute atomic E-state index is 6.22. The van der Waals surface area contributed by atoms with Crippen LogP contribution in [0.2, 0.25) is 5.02 Å². The first-order chi connectivity index (χ1) is 21.3. The Morgan fingerprint density at radius 2 is 1.43 bits per heavy atom. The van der Waals surface area contributed by atoms with Gasteiger partial charge in [0, 0.05) is 44.0 Å². The largest absolute Gasteiger partial charge is 0.497 e. The van der Waals surface area contributed by atoms with Crippen molar-refractivity contribution in [1.82, 2.24) is 14.9 Å². The molecule has 0 spiro atoms. The summed E-state index contributed by atoms with van der Waals surface area (Å²) in [5.41, 5.74) is 17.7. The maximum Gasteiger partial charge on any atom is 0.119 e. The van der Waals surface area contributed by atoms with Crippen molar-refractivity contribution in [2.75, 3.05) is 43.5 Å². The van der Waals surface area contributed by atoms with Gasteiger partial charge in [0.05, 0.1) is 34.9 Å². The highest BCUT2D eigenvalue weighted by molar-refractivity contribution is 6.31. The summed E-state index contributed by atoms with van der Waals surface area (Å²) in [7, 11) is 1.69. The lowest BCUT2D eigenvalue weighted by molar-refractivity contribution is 0.295. The van der Waals surface area contributed by atoms with Crippen LogP contribution in [0.25, 0.3) is 43.6 Å². The van der Waals surface area contributed by atoms with Gasteiger partial charge in [-0.15, -0.1) is 0 Å². The first-order valence-corrected chi connectivity index (χ1v) is 15.6. The Morgan fingerprint density at radius 1 is 0.773 bits per heavy atom. The molecule has 0 amide bonds. The monoisotopic (exact) mass is 608 g/mol. The van der Waals surface area contributed by atoms with Gasteiger partial charge in [0.1, 0.15) is 5.75 Å². The fraction of sp³-hybridized carbons (Fsp3) is 0.278. The van der Waals surface area contributed by atoms with E-state index in [1.54, 1.807) is 7.11 Å². The van der Waals surface area contributed by atoms with Crippen molar-refractivity contribution in [2.45, 2.75) is 39.7 Å². The quantitative estimate of drug-likeness (QED) is 0.112. The fourth-order valence-electron chi connectivity index (χ4n) is 5.51. The predicted octanol–water partition coefficient (Wildman–Crippen LogP) is 8.52. The van der Waals surface area contributed by atoms with E-state index in [-0.39, 0.29) is 0 Å². The van der Waals surface area contributed by atoms with Crippen molar-refractivity contribution >= 4 is 72.3 Å². The number of fused-ring (bicyclic) bond motifs is 4. The van der Waals surface area contributed by atoms with Gasteiger partial charge < -0.3 is 26.4 Å². The number of nitrogen functional groups attached to an aromatic ring is 2. The molecule has 44 heavy (non-hydrogen) atoms. The zero-order chi connectivity index (χ0) is 31.2. The second kappa shape index (κ2) is 14.0. The van der Waals surface area contributed by atoms with Crippen LogP contribution in [0.3, 0.4) is 0 Å². The van der Waals surface area contributed by atoms with Gasteiger partial charge in [-0.05, 0) is 106 Å². The molecule has 228 valence electrons. The molecule has 4 aromatic carbocycles. The van der Waals surface area contributed by atoms with E-state index >= 15 is 0 Å². The average Bonchev–Trinajstić information content (AvgIpc) is 3.02. The van der Waals surface area contributed by atoms with Crippen LogP contribution in [0.5, 0.6) is 5.75 Å². The number of methoxy groups -OCH3 is 1. The van der Waals surface area contributed by atoms with Gasteiger partial charge in [-0.2, -0.15) is 0 Å². The van der Waals surface area contributed by atoms with Crippen molar-refractivity contribution in [3.8, 4) is 5.75 Å². The molecule has 0 saturated carbocycles. The lowest BCUT2D eigenvalue weighted by Gasteiger charge is -2.22. The van der Waals surface area contributed by atoms with E-state index in [1.807, 2.05) is 60.7 Å². The maximum atomic E-state index is 6.22. The molecule has 2 heterocycles. The molecule has 0 bridgehead atoms. The molecule has 5 N–H and O–H groups in total. The highest BCUT2D eigenvalue weighted by Crippen LogP contribution is 2.35. The topological polar surface area (TPSA) is 102 Å². The number of benzene rings is 4. The first kappa shape index (κ1) is 31.1. The summed E-state index contributed by atoms with van der Waals surface area (Å²) in [5, 5.41) is 8.79. The zero-order valence-electron chi connectivity index (χ0n) is 25.9. The van der Waals surface area contributed by atoms with Crippen LogP contribution in [0.15, 0.2) is 78.9 Å². The van der Waals surface area contributed by atoms with Crippen LogP contribution in [-0.2, 0) is 0 Å². The number of halogens is 1. The molecule has 0 saturated heterocycles. The van der Waals surface area contributed by atoms with Gasteiger partial charge in [-0.3, -0.25) is 0 Å². The minimum absolute atomic E-state index is 0.353. The van der Waals surface area contributed by atoms with E-state index < -0.39 is 0 Å². The number of nitrogens with one attached hydrogen (secondary N) is 1. The molecule has 7 nitrogen and oxygen atoms in total. The standard InChI is InChI=1S/C23H30ClN3O.C13H11N3/c1-5-27(6-2)13-7-8-16(3)25-23-19-11-9-17(24)14-22(19)26-21-12-10-18(28-4)15-20(21)23;14-10-3-1-8-5-9-2-4-11(15)7-13(9)16-12(8)6-10/h9-12,14-16H,5-8,13H2,1-4H3,(H,25,26);1-7H,14-15H2. The van der Waals surface area contributed by atoms with E-state index in [9.17, 15) is 0 Å². The van der Waals surface area contributed by atoms with Crippen LogP contribution < -0.4 is 21.5 Å². The highest BCUT2D eigenvalue weighted by Gasteiger charge is 2.13. The Kier molecular flexibility index (Phi) is 9.88. The van der Waals surface area contributed by atoms with E-state index in [4.69, 9.17) is 32.8 Å². The smallest absolute Gasteiger partial charge is 0.119 e. The summed E-state index contributed by atoms with van der Waals surface area (Å²) in [6.45, 7) is 10.0. The molecule has 2 aromatic heterocycles. The van der Waals surface area contributed by atoms with Crippen LogP contribution in [0, 0.1) is 0 Å². The van der Waals surface area contributed by atoms with Gasteiger partial charge in [-0.1, -0.05) is 37.6 Å². The van der Waals surface area contributed by atoms with Gasteiger partial charge in [0.2, 0.25) is 0 Å². The Hall–Kier alpha value is -4.33. The number of nitrogens with zero attached hydrogens (tertiary/aromatic N) is 3. The number of aromatic nitrogens is 2. The minimum Gasteiger partial charge on any atom is -0.497 e. The molecule has 8 heteroatoms. The van der Waals surface area contributed by atoms with Gasteiger partial charge >= 0.3 is 0 Å². The van der Waals surface area contributed by atoms with E-state index in [0.717, 1.165) is 92.5 Å². The molecule has 1 unspecified atom stereocenters. The van der Waals surface area contributed by atoms with Crippen LogP contribution in [0.4, 0.5) is 17.1 Å². The second-order valence-corrected chi connectivity index (χ2v) is 11.6. The molecule has 6 aromatic rings. The molecule has 1 atom stereocenters. The molecular formula is C36H41ClN6O. The highest BCUT2D eigenvalue weighted by atomic mass is 35.5. The lowest BCUT2D eigenvalue weighted by atomic mass is 10.1. The van der Waals surface area contributed by atoms with E-state index in [1.165, 1.54) is 6.42 Å². The number of ether oxygens (including phenoxy) is 1. The number of pyridine rings is 2. The van der Waals surface area contributed by atoms with E-state index in [2.05, 4.69) is 54.2 Å². The molecule has 0 aliphatic carbocycles. The normalized spacial score (nSPS) is 12.0. The lowest BCUT2D eigenvalue weighted by Crippen LogP contribution is -2.25. The van der Waals surface area contributed by atoms with Crippen molar-refractivity contribution in [3.63, 3.8) is 0 Å². The summed E-state index contributed by atoms with van der Waals surface area (Å²) >= 11 is 6.22. The summed E-state index contributed by atoms with van der Waals surface area (Å²) in [6, 6.07) is 25.8. The molecule has 0 radical (unpaired) electrons. The Morgan fingerprint density at radius 3 is 2.07 bits per heavy atom. The molecule has 0 fully saturated rings. The third-order valence-corrected chi connectivity index (χ3v) is 8.24. The van der Waals surface area contributed by atoms with Crippen molar-refractivity contribution < 1.29 is 4.74 Å². The number of hydrogen-bond acceptors (Lipinski definition) is 7. The molecule has 6 rings (SSSR count). The predicted molar refractivity (Wildman–Crippen MR) is 189 cm³/mol. The number of rotatable bonds is 9. The summed E-state index contributed by atoms with van der Waals surface area (Å²) in [6.07, 6.45) is 2.28. The minimum atomic E-state index is 0.353. The molecule has 0 aliphatic rings. The third kappa shape index (κ3) is 7.24. The van der Waals surface area contributed by atoms with Crippen LogP contribution in [-0.4, -0.2) is 47.7 Å². The Bertz CT molecular complexity index is 1850. The third-order valence-electron chi connectivity index (χ3n) is 8.00. The summed E-state index contributed by atoms with van der Waals surface area (Å²) in [5.74, 6) is 0.833. The first-order valence-electron chi connectivity index (χ1n) is 15.2. The SMILES string of the molecule is CCN(CC)CCCC(C)Nc1c2ccc(Cl)cc2nc2ccc(OC)cc12.Nc1ccc2cc3ccc(N)cc3nc2c1. The number of hydrogen-bond donors (Lipinski definition) is 3. The summed E-state index contributed by atoms with van der Waals surface area (Å²) in [4.78, 5) is 11.8. The summed E-state index contributed by atoms with van der Waals surface area (Å²) < 4.78 is 5.45.